The lowest BCUT2D eigenvalue weighted by Crippen LogP contribution is -2.37. The van der Waals surface area contributed by atoms with E-state index in [4.69, 9.17) is 4.74 Å². The van der Waals surface area contributed by atoms with Crippen molar-refractivity contribution in [3.05, 3.63) is 24.3 Å². The quantitative estimate of drug-likeness (QED) is 0.823. The van der Waals surface area contributed by atoms with Crippen molar-refractivity contribution in [3.63, 3.8) is 0 Å². The molecule has 24 heavy (non-hydrogen) atoms. The number of nitrogens with zero attached hydrogens (tertiary/aromatic N) is 2. The van der Waals surface area contributed by atoms with E-state index >= 15 is 0 Å². The van der Waals surface area contributed by atoms with Gasteiger partial charge >= 0.3 is 0 Å². The number of hydrogen-bond donors (Lipinski definition) is 1. The summed E-state index contributed by atoms with van der Waals surface area (Å²) < 4.78 is 30.0. The van der Waals surface area contributed by atoms with Gasteiger partial charge in [0.25, 0.3) is 0 Å². The van der Waals surface area contributed by atoms with Gasteiger partial charge in [-0.15, -0.1) is 0 Å². The Balaban J connectivity index is 1.83. The number of benzene rings is 1. The Hall–Kier alpha value is -1.64. The number of hydrogen-bond acceptors (Lipinski definition) is 5. The molecule has 0 aliphatic carbocycles. The molecule has 1 amide bonds. The summed E-state index contributed by atoms with van der Waals surface area (Å²) in [5.74, 6) is 0.663. The van der Waals surface area contributed by atoms with E-state index in [-0.39, 0.29) is 12.5 Å². The maximum Gasteiger partial charge on any atom is 0.238 e. The van der Waals surface area contributed by atoms with Crippen LogP contribution in [-0.2, 0) is 14.8 Å². The van der Waals surface area contributed by atoms with E-state index in [0.29, 0.717) is 32.8 Å². The number of ether oxygens (including phenoxy) is 1. The molecule has 1 aromatic rings. The van der Waals surface area contributed by atoms with Crippen LogP contribution in [0, 0.1) is 0 Å². The van der Waals surface area contributed by atoms with E-state index in [1.165, 1.54) is 10.6 Å². The van der Waals surface area contributed by atoms with Crippen molar-refractivity contribution in [1.29, 1.82) is 0 Å². The summed E-state index contributed by atoms with van der Waals surface area (Å²) in [4.78, 5) is 14.1. The average molecular weight is 355 g/mol. The van der Waals surface area contributed by atoms with Gasteiger partial charge in [-0.1, -0.05) is 0 Å². The predicted octanol–water partition coefficient (Wildman–Crippen LogP) is 0.991. The minimum Gasteiger partial charge on any atom is -0.494 e. The third-order valence-corrected chi connectivity index (χ3v) is 5.14. The number of nitrogens with one attached hydrogen (secondary N) is 1. The molecule has 7 nitrogen and oxygen atoms in total. The standard InChI is InChI=1S/C16H25N3O4S/c1-3-23-15-7-5-14(6-8-15)17-16(20)13-18-9-4-10-19(12-11-18)24(2,21)22/h5-8H,3-4,9-13H2,1-2H3,(H,17,20). The molecule has 1 aliphatic rings. The van der Waals surface area contributed by atoms with Crippen molar-refractivity contribution in [2.45, 2.75) is 13.3 Å². The summed E-state index contributed by atoms with van der Waals surface area (Å²) in [6.45, 7) is 4.98. The van der Waals surface area contributed by atoms with Gasteiger partial charge in [0.2, 0.25) is 15.9 Å². The van der Waals surface area contributed by atoms with Crippen molar-refractivity contribution in [2.24, 2.45) is 0 Å². The molecule has 8 heteroatoms. The lowest BCUT2D eigenvalue weighted by atomic mass is 10.3. The molecule has 0 spiro atoms. The molecule has 2 rings (SSSR count). The molecule has 134 valence electrons. The minimum absolute atomic E-state index is 0.105. The first-order valence-corrected chi connectivity index (χ1v) is 9.93. The van der Waals surface area contributed by atoms with Crippen LogP contribution in [0.2, 0.25) is 0 Å². The molecule has 0 radical (unpaired) electrons. The second-order valence-electron chi connectivity index (χ2n) is 5.80. The van der Waals surface area contributed by atoms with Crippen molar-refractivity contribution in [1.82, 2.24) is 9.21 Å². The maximum atomic E-state index is 12.2. The van der Waals surface area contributed by atoms with Gasteiger partial charge in [-0.25, -0.2) is 12.7 Å². The van der Waals surface area contributed by atoms with Gasteiger partial charge in [-0.3, -0.25) is 9.69 Å². The second kappa shape index (κ2) is 8.46. The molecule has 1 aromatic carbocycles. The van der Waals surface area contributed by atoms with Crippen LogP contribution in [-0.4, -0.2) is 69.1 Å². The highest BCUT2D eigenvalue weighted by Crippen LogP contribution is 2.15. The first kappa shape index (κ1) is 18.7. The maximum absolute atomic E-state index is 12.2. The van der Waals surface area contributed by atoms with Crippen LogP contribution in [0.1, 0.15) is 13.3 Å². The van der Waals surface area contributed by atoms with E-state index in [1.54, 1.807) is 12.1 Å². The van der Waals surface area contributed by atoms with Gasteiger partial charge in [-0.05, 0) is 44.2 Å². The molecule has 0 saturated carbocycles. The molecule has 0 aromatic heterocycles. The van der Waals surface area contributed by atoms with Crippen LogP contribution in [0.5, 0.6) is 5.75 Å². The van der Waals surface area contributed by atoms with E-state index in [9.17, 15) is 13.2 Å². The summed E-state index contributed by atoms with van der Waals surface area (Å²) in [5, 5.41) is 2.85. The first-order valence-electron chi connectivity index (χ1n) is 8.08. The number of amides is 1. The van der Waals surface area contributed by atoms with Crippen molar-refractivity contribution < 1.29 is 17.9 Å². The summed E-state index contributed by atoms with van der Waals surface area (Å²) >= 11 is 0. The van der Waals surface area contributed by atoms with Crippen molar-refractivity contribution in [2.75, 3.05) is 50.9 Å². The van der Waals surface area contributed by atoms with E-state index < -0.39 is 10.0 Å². The number of carbonyl (C=O) groups is 1. The molecule has 1 saturated heterocycles. The number of rotatable bonds is 6. The third-order valence-electron chi connectivity index (χ3n) is 3.83. The van der Waals surface area contributed by atoms with Crippen molar-refractivity contribution in [3.8, 4) is 5.75 Å². The highest BCUT2D eigenvalue weighted by molar-refractivity contribution is 7.88. The van der Waals surface area contributed by atoms with Gasteiger partial charge in [-0.2, -0.15) is 0 Å². The van der Waals surface area contributed by atoms with Gasteiger partial charge < -0.3 is 10.1 Å². The molecule has 1 N–H and O–H groups in total. The summed E-state index contributed by atoms with van der Waals surface area (Å²) in [6.07, 6.45) is 1.95. The molecule has 1 heterocycles. The minimum atomic E-state index is -3.16. The zero-order chi connectivity index (χ0) is 17.6. The smallest absolute Gasteiger partial charge is 0.238 e. The first-order chi connectivity index (χ1) is 11.4. The van der Waals surface area contributed by atoms with Gasteiger partial charge in [0.15, 0.2) is 0 Å². The van der Waals surface area contributed by atoms with Crippen LogP contribution in [0.25, 0.3) is 0 Å². The third kappa shape index (κ3) is 5.77. The number of carbonyl (C=O) groups excluding carboxylic acids is 1. The average Bonchev–Trinajstić information content (AvgIpc) is 2.75. The Morgan fingerprint density at radius 1 is 1.17 bits per heavy atom. The van der Waals surface area contributed by atoms with Crippen LogP contribution in [0.15, 0.2) is 24.3 Å². The van der Waals surface area contributed by atoms with E-state index in [0.717, 1.165) is 17.9 Å². The summed E-state index contributed by atoms with van der Waals surface area (Å²) in [7, 11) is -3.16. The lowest BCUT2D eigenvalue weighted by Gasteiger charge is -2.20. The zero-order valence-electron chi connectivity index (χ0n) is 14.2. The Bertz CT molecular complexity index is 646. The highest BCUT2D eigenvalue weighted by atomic mass is 32.2. The molecule has 1 fully saturated rings. The topological polar surface area (TPSA) is 79.0 Å². The number of anilines is 1. The van der Waals surface area contributed by atoms with Crippen molar-refractivity contribution >= 4 is 21.6 Å². The fourth-order valence-corrected chi connectivity index (χ4v) is 3.52. The number of sulfonamides is 1. The Morgan fingerprint density at radius 2 is 1.88 bits per heavy atom. The normalized spacial score (nSPS) is 17.2. The van der Waals surface area contributed by atoms with Crippen LogP contribution in [0.4, 0.5) is 5.69 Å². The lowest BCUT2D eigenvalue weighted by molar-refractivity contribution is -0.117. The zero-order valence-corrected chi connectivity index (χ0v) is 15.0. The van der Waals surface area contributed by atoms with Crippen LogP contribution in [0.3, 0.4) is 0 Å². The van der Waals surface area contributed by atoms with Crippen LogP contribution < -0.4 is 10.1 Å². The SMILES string of the molecule is CCOc1ccc(NC(=O)CN2CCCN(S(C)(=O)=O)CC2)cc1. The molecular formula is C16H25N3O4S. The molecule has 0 unspecified atom stereocenters. The Labute approximate surface area is 143 Å². The van der Waals surface area contributed by atoms with Crippen LogP contribution >= 0.6 is 0 Å². The second-order valence-corrected chi connectivity index (χ2v) is 7.78. The molecular weight excluding hydrogens is 330 g/mol. The highest BCUT2D eigenvalue weighted by Gasteiger charge is 2.22. The van der Waals surface area contributed by atoms with Gasteiger partial charge in [0, 0.05) is 25.3 Å². The summed E-state index contributed by atoms with van der Waals surface area (Å²) in [5.41, 5.74) is 0.719. The monoisotopic (exact) mass is 355 g/mol. The fraction of sp³-hybridized carbons (Fsp3) is 0.562. The van der Waals surface area contributed by atoms with Gasteiger partial charge in [0.05, 0.1) is 19.4 Å². The Kier molecular flexibility index (Phi) is 6.59. The van der Waals surface area contributed by atoms with E-state index in [2.05, 4.69) is 5.32 Å². The Morgan fingerprint density at radius 3 is 2.50 bits per heavy atom. The van der Waals surface area contributed by atoms with E-state index in [1.807, 2.05) is 24.0 Å². The molecule has 0 bridgehead atoms. The largest absolute Gasteiger partial charge is 0.494 e. The predicted molar refractivity (Wildman–Crippen MR) is 93.7 cm³/mol. The fourth-order valence-electron chi connectivity index (χ4n) is 2.64. The summed E-state index contributed by atoms with van der Waals surface area (Å²) in [6, 6.07) is 7.23. The molecule has 1 aliphatic heterocycles. The van der Waals surface area contributed by atoms with Gasteiger partial charge in [0.1, 0.15) is 5.75 Å². The molecule has 0 atom stereocenters.